The van der Waals surface area contributed by atoms with Crippen molar-refractivity contribution in [2.45, 2.75) is 38.6 Å². The Kier molecular flexibility index (Phi) is 4.74. The lowest BCUT2D eigenvalue weighted by atomic mass is 10.0. The van der Waals surface area contributed by atoms with E-state index in [2.05, 4.69) is 15.9 Å². The maximum Gasteiger partial charge on any atom is 0.417 e. The Balaban J connectivity index is 2.90. The second-order valence-corrected chi connectivity index (χ2v) is 6.03. The van der Waals surface area contributed by atoms with Crippen molar-refractivity contribution < 1.29 is 14.3 Å². The van der Waals surface area contributed by atoms with Gasteiger partial charge in [-0.25, -0.2) is 9.69 Å². The summed E-state index contributed by atoms with van der Waals surface area (Å²) in [5.41, 5.74) is 0.555. The molecule has 0 aromatic heterocycles. The lowest BCUT2D eigenvalue weighted by molar-refractivity contribution is -0.125. The van der Waals surface area contributed by atoms with Gasteiger partial charge in [-0.15, -0.1) is 0 Å². The van der Waals surface area contributed by atoms with Crippen molar-refractivity contribution in [2.75, 3.05) is 6.61 Å². The summed E-state index contributed by atoms with van der Waals surface area (Å²) in [7, 11) is 0. The molecule has 0 aliphatic carbocycles. The fourth-order valence-electron chi connectivity index (χ4n) is 1.77. The number of allylic oxidation sites excluding steroid dienone is 1. The first kappa shape index (κ1) is 14.2. The van der Waals surface area contributed by atoms with E-state index in [4.69, 9.17) is 4.74 Å². The van der Waals surface area contributed by atoms with Crippen LogP contribution in [0.4, 0.5) is 4.79 Å². The zero-order valence-corrected chi connectivity index (χ0v) is 12.2. The van der Waals surface area contributed by atoms with E-state index in [9.17, 15) is 9.59 Å². The molecule has 2 atom stereocenters. The Morgan fingerprint density at radius 2 is 2.12 bits per heavy atom. The van der Waals surface area contributed by atoms with Crippen LogP contribution < -0.4 is 0 Å². The number of carbonyl (C=O) groups is 2. The molecule has 1 aliphatic rings. The standard InChI is InChI=1S/C12H18BrNO3/c1-7(2)10-6-17-12(16)14(10)11(15)8(3)5-9(4)13/h5,7,9-10H,6H2,1-4H3/b8-5+/t9-,10-/m1/s1. The monoisotopic (exact) mass is 303 g/mol. The molecule has 0 N–H and O–H groups in total. The third-order valence-corrected chi connectivity index (χ3v) is 2.98. The molecule has 0 aromatic carbocycles. The lowest BCUT2D eigenvalue weighted by Gasteiger charge is -2.22. The third-order valence-electron chi connectivity index (χ3n) is 2.71. The van der Waals surface area contributed by atoms with Crippen LogP contribution in [0.2, 0.25) is 0 Å². The molecule has 0 saturated carbocycles. The number of hydrogen-bond acceptors (Lipinski definition) is 3. The van der Waals surface area contributed by atoms with E-state index in [-0.39, 0.29) is 22.7 Å². The van der Waals surface area contributed by atoms with Crippen LogP contribution >= 0.6 is 15.9 Å². The molecule has 96 valence electrons. The smallest absolute Gasteiger partial charge is 0.417 e. The van der Waals surface area contributed by atoms with Crippen LogP contribution in [0, 0.1) is 5.92 Å². The van der Waals surface area contributed by atoms with Crippen molar-refractivity contribution in [3.05, 3.63) is 11.6 Å². The third kappa shape index (κ3) is 3.31. The molecule has 0 aromatic rings. The van der Waals surface area contributed by atoms with Gasteiger partial charge in [0.05, 0.1) is 6.04 Å². The van der Waals surface area contributed by atoms with Gasteiger partial charge in [0.15, 0.2) is 0 Å². The summed E-state index contributed by atoms with van der Waals surface area (Å²) in [6.07, 6.45) is 1.24. The Labute approximate surface area is 110 Å². The minimum absolute atomic E-state index is 0.0996. The predicted octanol–water partition coefficient (Wildman–Crippen LogP) is 2.72. The molecular formula is C12H18BrNO3. The fourth-order valence-corrected chi connectivity index (χ4v) is 2.16. The minimum Gasteiger partial charge on any atom is -0.447 e. The van der Waals surface area contributed by atoms with Crippen LogP contribution in [0.15, 0.2) is 11.6 Å². The Morgan fingerprint density at radius 1 is 1.53 bits per heavy atom. The summed E-state index contributed by atoms with van der Waals surface area (Å²) in [6.45, 7) is 7.86. The number of cyclic esters (lactones) is 1. The van der Waals surface area contributed by atoms with E-state index >= 15 is 0 Å². The summed E-state index contributed by atoms with van der Waals surface area (Å²) in [5, 5.41) is 0. The lowest BCUT2D eigenvalue weighted by Crippen LogP contribution is -2.42. The van der Waals surface area contributed by atoms with E-state index in [0.717, 1.165) is 0 Å². The van der Waals surface area contributed by atoms with Crippen molar-refractivity contribution in [1.82, 2.24) is 4.90 Å². The van der Waals surface area contributed by atoms with Crippen LogP contribution in [-0.2, 0) is 9.53 Å². The topological polar surface area (TPSA) is 46.6 Å². The zero-order valence-electron chi connectivity index (χ0n) is 10.6. The molecule has 0 unspecified atom stereocenters. The fraction of sp³-hybridized carbons (Fsp3) is 0.667. The summed E-state index contributed by atoms with van der Waals surface area (Å²) >= 11 is 3.35. The van der Waals surface area contributed by atoms with Gasteiger partial charge in [0.1, 0.15) is 6.61 Å². The largest absolute Gasteiger partial charge is 0.447 e. The number of hydrogen-bond donors (Lipinski definition) is 0. The van der Waals surface area contributed by atoms with Gasteiger partial charge in [0.2, 0.25) is 0 Å². The zero-order chi connectivity index (χ0) is 13.2. The molecule has 1 rings (SSSR count). The van der Waals surface area contributed by atoms with E-state index in [0.29, 0.717) is 12.2 Å². The highest BCUT2D eigenvalue weighted by Crippen LogP contribution is 2.22. The van der Waals surface area contributed by atoms with Crippen molar-refractivity contribution in [3.8, 4) is 0 Å². The average molecular weight is 304 g/mol. The predicted molar refractivity (Wildman–Crippen MR) is 69.0 cm³/mol. The number of ether oxygens (including phenoxy) is 1. The van der Waals surface area contributed by atoms with E-state index in [1.54, 1.807) is 13.0 Å². The van der Waals surface area contributed by atoms with Crippen molar-refractivity contribution in [2.24, 2.45) is 5.92 Å². The van der Waals surface area contributed by atoms with Gasteiger partial charge in [-0.3, -0.25) is 4.79 Å². The van der Waals surface area contributed by atoms with Crippen molar-refractivity contribution in [1.29, 1.82) is 0 Å². The van der Waals surface area contributed by atoms with E-state index in [1.165, 1.54) is 4.90 Å². The highest BCUT2D eigenvalue weighted by atomic mass is 79.9. The van der Waals surface area contributed by atoms with Gasteiger partial charge in [0.25, 0.3) is 5.91 Å². The van der Waals surface area contributed by atoms with Gasteiger partial charge < -0.3 is 4.74 Å². The maximum atomic E-state index is 12.1. The van der Waals surface area contributed by atoms with Crippen molar-refractivity contribution in [3.63, 3.8) is 0 Å². The molecule has 0 bridgehead atoms. The van der Waals surface area contributed by atoms with Gasteiger partial charge in [0, 0.05) is 10.4 Å². The molecule has 0 radical (unpaired) electrons. The second-order valence-electron chi connectivity index (χ2n) is 4.59. The molecule has 4 nitrogen and oxygen atoms in total. The Morgan fingerprint density at radius 3 is 2.59 bits per heavy atom. The first-order valence-electron chi connectivity index (χ1n) is 5.67. The van der Waals surface area contributed by atoms with Crippen molar-refractivity contribution >= 4 is 27.9 Å². The minimum atomic E-state index is -0.538. The maximum absolute atomic E-state index is 12.1. The summed E-state index contributed by atoms with van der Waals surface area (Å²) in [6, 6.07) is -0.163. The SMILES string of the molecule is C/C(=C\[C@@H](C)Br)C(=O)N1C(=O)OC[C@@H]1C(C)C. The van der Waals surface area contributed by atoms with Crippen LogP contribution in [0.5, 0.6) is 0 Å². The number of carbonyl (C=O) groups excluding carboxylic acids is 2. The summed E-state index contributed by atoms with van der Waals surface area (Å²) in [5.74, 6) is -0.0721. The highest BCUT2D eigenvalue weighted by Gasteiger charge is 2.39. The van der Waals surface area contributed by atoms with Gasteiger partial charge in [-0.05, 0) is 19.8 Å². The summed E-state index contributed by atoms with van der Waals surface area (Å²) in [4.78, 5) is 25.0. The number of rotatable bonds is 3. The first-order valence-corrected chi connectivity index (χ1v) is 6.59. The molecule has 1 fully saturated rings. The van der Waals surface area contributed by atoms with E-state index in [1.807, 2.05) is 20.8 Å². The molecule has 1 aliphatic heterocycles. The molecule has 1 heterocycles. The van der Waals surface area contributed by atoms with Crippen LogP contribution in [0.1, 0.15) is 27.7 Å². The van der Waals surface area contributed by atoms with Gasteiger partial charge in [-0.2, -0.15) is 0 Å². The molecule has 5 heteroatoms. The van der Waals surface area contributed by atoms with E-state index < -0.39 is 6.09 Å². The Hall–Kier alpha value is -0.840. The number of amides is 2. The van der Waals surface area contributed by atoms with Crippen LogP contribution in [0.3, 0.4) is 0 Å². The molecule has 0 spiro atoms. The Bertz CT molecular complexity index is 350. The summed E-state index contributed by atoms with van der Waals surface area (Å²) < 4.78 is 4.94. The number of nitrogens with zero attached hydrogens (tertiary/aromatic N) is 1. The number of alkyl halides is 1. The number of imide groups is 1. The second kappa shape index (κ2) is 5.67. The normalized spacial score (nSPS) is 22.9. The molecule has 17 heavy (non-hydrogen) atoms. The van der Waals surface area contributed by atoms with Crippen LogP contribution in [0.25, 0.3) is 0 Å². The number of halogens is 1. The quantitative estimate of drug-likeness (QED) is 0.595. The molecular weight excluding hydrogens is 286 g/mol. The van der Waals surface area contributed by atoms with Gasteiger partial charge >= 0.3 is 6.09 Å². The van der Waals surface area contributed by atoms with Crippen LogP contribution in [-0.4, -0.2) is 34.4 Å². The highest BCUT2D eigenvalue weighted by molar-refractivity contribution is 9.09. The van der Waals surface area contributed by atoms with Gasteiger partial charge in [-0.1, -0.05) is 35.9 Å². The molecule has 1 saturated heterocycles. The first-order chi connectivity index (χ1) is 7.84. The average Bonchev–Trinajstić information content (AvgIpc) is 2.58. The molecule has 2 amide bonds.